The Labute approximate surface area is 242 Å². The molecule has 5 rings (SSSR count). The van der Waals surface area contributed by atoms with Crippen molar-refractivity contribution in [2.75, 3.05) is 56.7 Å². The molecule has 2 atom stereocenters. The van der Waals surface area contributed by atoms with E-state index in [0.29, 0.717) is 57.4 Å². The zero-order valence-electron chi connectivity index (χ0n) is 23.1. The number of rotatable bonds is 7. The molecular weight excluding hydrogens is 573 g/mol. The van der Waals surface area contributed by atoms with Gasteiger partial charge in [-0.15, -0.1) is 11.3 Å². The Balaban J connectivity index is 1.38. The summed E-state index contributed by atoms with van der Waals surface area (Å²) >= 11 is 1.20. The summed E-state index contributed by atoms with van der Waals surface area (Å²) in [4.78, 5) is 2.27. The van der Waals surface area contributed by atoms with Crippen LogP contribution in [0, 0.1) is 11.8 Å². The van der Waals surface area contributed by atoms with Gasteiger partial charge in [0.1, 0.15) is 19.1 Å². The van der Waals surface area contributed by atoms with Crippen molar-refractivity contribution in [3.8, 4) is 17.6 Å². The van der Waals surface area contributed by atoms with Crippen LogP contribution in [-0.2, 0) is 11.0 Å². The summed E-state index contributed by atoms with van der Waals surface area (Å²) in [5.74, 6) is 6.47. The van der Waals surface area contributed by atoms with Gasteiger partial charge < -0.3 is 24.8 Å². The van der Waals surface area contributed by atoms with E-state index in [1.165, 1.54) is 11.3 Å². The number of ether oxygens (including phenoxy) is 1. The number of hydrogen-bond acceptors (Lipinski definition) is 6. The Bertz CT molecular complexity index is 1500. The maximum absolute atomic E-state index is 14.7. The van der Waals surface area contributed by atoms with Gasteiger partial charge in [0.2, 0.25) is 0 Å². The molecule has 0 spiro atoms. The molecule has 2 aliphatic heterocycles. The van der Waals surface area contributed by atoms with E-state index in [0.717, 1.165) is 24.7 Å². The minimum atomic E-state index is -4.40. The first-order valence-electron chi connectivity index (χ1n) is 13.8. The molecule has 11 heteroatoms. The predicted octanol–water partition coefficient (Wildman–Crippen LogP) is 6.71. The highest BCUT2D eigenvalue weighted by molar-refractivity contribution is 7.71. The quantitative estimate of drug-likeness (QED) is 0.178. The second-order valence-corrected chi connectivity index (χ2v) is 15.0. The van der Waals surface area contributed by atoms with Crippen LogP contribution >= 0.6 is 18.5 Å². The van der Waals surface area contributed by atoms with E-state index in [-0.39, 0.29) is 12.1 Å². The maximum Gasteiger partial charge on any atom is 0.393 e. The van der Waals surface area contributed by atoms with Gasteiger partial charge in [0, 0.05) is 30.7 Å². The molecule has 0 amide bonds. The second-order valence-electron chi connectivity index (χ2n) is 10.8. The van der Waals surface area contributed by atoms with E-state index in [1.54, 1.807) is 25.3 Å². The predicted molar refractivity (Wildman–Crippen MR) is 161 cm³/mol. The SMILES string of the molecule is COc1cc(P2(=O)CCCC2)ccc1NCC#Cc1sc2c(NC3CCN(C)C[C@H]3F)cccc2c1CC(F)(F)F. The first kappa shape index (κ1) is 29.8. The highest BCUT2D eigenvalue weighted by Crippen LogP contribution is 2.51. The number of methoxy groups -OCH3 is 1. The third kappa shape index (κ3) is 6.85. The van der Waals surface area contributed by atoms with E-state index in [9.17, 15) is 22.1 Å². The van der Waals surface area contributed by atoms with Crippen LogP contribution in [0.15, 0.2) is 36.4 Å². The number of anilines is 2. The molecule has 2 aliphatic rings. The van der Waals surface area contributed by atoms with Crippen LogP contribution in [0.25, 0.3) is 10.1 Å². The Morgan fingerprint density at radius 2 is 1.95 bits per heavy atom. The minimum Gasteiger partial charge on any atom is -0.495 e. The summed E-state index contributed by atoms with van der Waals surface area (Å²) in [7, 11) is 1.05. The van der Waals surface area contributed by atoms with Gasteiger partial charge in [-0.25, -0.2) is 4.39 Å². The minimum absolute atomic E-state index is 0.136. The highest BCUT2D eigenvalue weighted by Gasteiger charge is 2.32. The number of alkyl halides is 4. The van der Waals surface area contributed by atoms with Gasteiger partial charge in [0.25, 0.3) is 0 Å². The van der Waals surface area contributed by atoms with Crippen LogP contribution in [0.5, 0.6) is 5.75 Å². The average Bonchev–Trinajstić information content (AvgIpc) is 3.52. The van der Waals surface area contributed by atoms with E-state index in [4.69, 9.17) is 4.74 Å². The zero-order chi connectivity index (χ0) is 29.2. The molecule has 2 aromatic carbocycles. The number of hydrogen-bond donors (Lipinski definition) is 2. The highest BCUT2D eigenvalue weighted by atomic mass is 32.1. The van der Waals surface area contributed by atoms with Gasteiger partial charge in [-0.2, -0.15) is 13.2 Å². The van der Waals surface area contributed by atoms with Crippen molar-refractivity contribution in [1.29, 1.82) is 0 Å². The largest absolute Gasteiger partial charge is 0.495 e. The van der Waals surface area contributed by atoms with Gasteiger partial charge in [-0.05, 0) is 61.5 Å². The van der Waals surface area contributed by atoms with Gasteiger partial charge in [0.15, 0.2) is 0 Å². The summed E-state index contributed by atoms with van der Waals surface area (Å²) in [5, 5.41) is 7.73. The van der Waals surface area contributed by atoms with Crippen molar-refractivity contribution in [2.24, 2.45) is 0 Å². The van der Waals surface area contributed by atoms with Crippen LogP contribution in [0.1, 0.15) is 29.7 Å². The monoisotopic (exact) mass is 607 g/mol. The molecule has 1 unspecified atom stereocenters. The van der Waals surface area contributed by atoms with Crippen molar-refractivity contribution in [2.45, 2.75) is 44.1 Å². The Morgan fingerprint density at radius 3 is 2.66 bits per heavy atom. The van der Waals surface area contributed by atoms with Gasteiger partial charge in [-0.1, -0.05) is 24.0 Å². The van der Waals surface area contributed by atoms with Gasteiger partial charge >= 0.3 is 6.18 Å². The van der Waals surface area contributed by atoms with Crippen LogP contribution in [0.2, 0.25) is 0 Å². The van der Waals surface area contributed by atoms with Crippen LogP contribution in [0.3, 0.4) is 0 Å². The lowest BCUT2D eigenvalue weighted by atomic mass is 10.0. The molecular formula is C30H34F4N3O2PS. The first-order valence-corrected chi connectivity index (χ1v) is 16.7. The molecule has 41 heavy (non-hydrogen) atoms. The summed E-state index contributed by atoms with van der Waals surface area (Å²) in [6, 6.07) is 10.3. The summed E-state index contributed by atoms with van der Waals surface area (Å²) in [6.07, 6.45) is -2.60. The first-order chi connectivity index (χ1) is 19.6. The number of nitrogens with one attached hydrogen (secondary N) is 2. The third-order valence-electron chi connectivity index (χ3n) is 7.79. The fourth-order valence-electron chi connectivity index (χ4n) is 5.63. The van der Waals surface area contributed by atoms with Crippen LogP contribution in [0.4, 0.5) is 28.9 Å². The third-order valence-corrected chi connectivity index (χ3v) is 12.3. The standard InChI is InChI=1S/C30H34F4N3O2PS/c1-37-14-12-24(23(31)19-37)36-26-8-5-7-21-22(18-30(32,33)34)28(41-29(21)26)9-6-13-35-25-11-10-20(17-27(25)39-2)40(38)15-3-4-16-40/h5,7-8,10-11,17,23-24,35-36H,3-4,12-16,18-19H2,1-2H3/t23-,24?/m1/s1. The van der Waals surface area contributed by atoms with Gasteiger partial charge in [0.05, 0.1) is 47.1 Å². The topological polar surface area (TPSA) is 53.6 Å². The van der Waals surface area contributed by atoms with Crippen molar-refractivity contribution in [1.82, 2.24) is 4.90 Å². The summed E-state index contributed by atoms with van der Waals surface area (Å²) < 4.78 is 74.8. The maximum atomic E-state index is 14.7. The molecule has 0 radical (unpaired) electrons. The Hall–Kier alpha value is -2.73. The average molecular weight is 608 g/mol. The smallest absolute Gasteiger partial charge is 0.393 e. The fraction of sp³-hybridized carbons (Fsp3) is 0.467. The molecule has 1 aromatic heterocycles. The second kappa shape index (κ2) is 12.2. The molecule has 0 bridgehead atoms. The van der Waals surface area contributed by atoms with Crippen LogP contribution < -0.4 is 20.7 Å². The van der Waals surface area contributed by atoms with Crippen molar-refractivity contribution >= 4 is 45.2 Å². The lowest BCUT2D eigenvalue weighted by Gasteiger charge is -2.33. The molecule has 3 aromatic rings. The normalized spacial score (nSPS) is 20.9. The number of likely N-dealkylation sites (tertiary alicyclic amines) is 1. The number of thiophene rings is 1. The lowest BCUT2D eigenvalue weighted by molar-refractivity contribution is -0.126. The molecule has 220 valence electrons. The van der Waals surface area contributed by atoms with E-state index < -0.39 is 32.0 Å². The van der Waals surface area contributed by atoms with Crippen molar-refractivity contribution in [3.63, 3.8) is 0 Å². The van der Waals surface area contributed by atoms with Crippen molar-refractivity contribution < 1.29 is 26.9 Å². The summed E-state index contributed by atoms with van der Waals surface area (Å²) in [6.45, 7) is 1.24. The number of benzene rings is 2. The van der Waals surface area contributed by atoms with Gasteiger partial charge in [-0.3, -0.25) is 0 Å². The van der Waals surface area contributed by atoms with E-state index >= 15 is 0 Å². The molecule has 2 N–H and O–H groups in total. The lowest BCUT2D eigenvalue weighted by Crippen LogP contribution is -2.46. The number of halogens is 4. The van der Waals surface area contributed by atoms with Crippen molar-refractivity contribution in [3.05, 3.63) is 46.8 Å². The molecule has 2 fully saturated rings. The number of piperidine rings is 1. The molecule has 2 saturated heterocycles. The molecule has 0 aliphatic carbocycles. The molecule has 5 nitrogen and oxygen atoms in total. The molecule has 0 saturated carbocycles. The number of fused-ring (bicyclic) bond motifs is 1. The zero-order valence-corrected chi connectivity index (χ0v) is 24.8. The fourth-order valence-corrected chi connectivity index (χ4v) is 9.71. The van der Waals surface area contributed by atoms with E-state index in [2.05, 4.69) is 22.5 Å². The van der Waals surface area contributed by atoms with Crippen LogP contribution in [-0.4, -0.2) is 69.4 Å². The molecule has 3 heterocycles. The summed E-state index contributed by atoms with van der Waals surface area (Å²) in [5.41, 5.74) is 1.44. The Morgan fingerprint density at radius 1 is 1.17 bits per heavy atom. The number of nitrogens with zero attached hydrogens (tertiary/aromatic N) is 1. The Kier molecular flexibility index (Phi) is 8.89. The van der Waals surface area contributed by atoms with E-state index in [1.807, 2.05) is 30.1 Å².